The monoisotopic (exact) mass is 194 g/mol. The largest absolute Gasteiger partial charge is 0.496 e. The number of ether oxygens (including phenoxy) is 1. The summed E-state index contributed by atoms with van der Waals surface area (Å²) < 4.78 is 10.1. The second kappa shape index (κ2) is 4.65. The molecule has 0 aliphatic heterocycles. The Kier molecular flexibility index (Phi) is 3.51. The summed E-state index contributed by atoms with van der Waals surface area (Å²) in [5.41, 5.74) is 0.550. The average molecular weight is 194 g/mol. The molecule has 1 rings (SSSR count). The zero-order valence-electron chi connectivity index (χ0n) is 8.66. The minimum Gasteiger partial charge on any atom is -0.496 e. The smallest absolute Gasteiger partial charge is 0.339 e. The van der Waals surface area contributed by atoms with Gasteiger partial charge in [0, 0.05) is 5.56 Å². The Morgan fingerprint density at radius 2 is 2.29 bits per heavy atom. The van der Waals surface area contributed by atoms with E-state index in [1.807, 2.05) is 19.1 Å². The molecule has 1 heterocycles. The number of hydrogen-bond donors (Lipinski definition) is 0. The maximum absolute atomic E-state index is 11.0. The minimum atomic E-state index is -0.372. The van der Waals surface area contributed by atoms with Crippen LogP contribution < -0.4 is 10.4 Å². The van der Waals surface area contributed by atoms with Gasteiger partial charge in [0.05, 0.1) is 13.2 Å². The Balaban J connectivity index is 3.18. The van der Waals surface area contributed by atoms with Gasteiger partial charge in [0.15, 0.2) is 0 Å². The lowest BCUT2D eigenvalue weighted by Crippen LogP contribution is -2.04. The standard InChI is InChI=1S/C11H14O3/c1-4-5-6-9-8(2)14-11(12)7-10(9)13-3/h4-5,7H,6H2,1-3H3/b5-4+. The molecule has 3 nitrogen and oxygen atoms in total. The van der Waals surface area contributed by atoms with Gasteiger partial charge < -0.3 is 9.15 Å². The molecular weight excluding hydrogens is 180 g/mol. The Morgan fingerprint density at radius 3 is 2.86 bits per heavy atom. The highest BCUT2D eigenvalue weighted by molar-refractivity contribution is 5.35. The van der Waals surface area contributed by atoms with Gasteiger partial charge in [-0.1, -0.05) is 12.2 Å². The molecule has 0 spiro atoms. The molecule has 0 N–H and O–H groups in total. The highest BCUT2D eigenvalue weighted by Crippen LogP contribution is 2.20. The van der Waals surface area contributed by atoms with Gasteiger partial charge in [-0.05, 0) is 20.3 Å². The van der Waals surface area contributed by atoms with Crippen molar-refractivity contribution in [2.24, 2.45) is 0 Å². The first-order valence-corrected chi connectivity index (χ1v) is 4.47. The van der Waals surface area contributed by atoms with Gasteiger partial charge >= 0.3 is 5.63 Å². The van der Waals surface area contributed by atoms with Crippen LogP contribution in [0.3, 0.4) is 0 Å². The summed E-state index contributed by atoms with van der Waals surface area (Å²) in [5.74, 6) is 1.21. The quantitative estimate of drug-likeness (QED) is 0.691. The van der Waals surface area contributed by atoms with E-state index in [1.54, 1.807) is 14.0 Å². The molecule has 0 aliphatic rings. The van der Waals surface area contributed by atoms with E-state index in [0.717, 1.165) is 12.0 Å². The van der Waals surface area contributed by atoms with Crippen LogP contribution in [-0.2, 0) is 6.42 Å². The normalized spacial score (nSPS) is 10.8. The topological polar surface area (TPSA) is 39.4 Å². The van der Waals surface area contributed by atoms with Gasteiger partial charge in [-0.2, -0.15) is 0 Å². The SMILES string of the molecule is C/C=C/Cc1c(OC)cc(=O)oc1C. The number of rotatable bonds is 3. The van der Waals surface area contributed by atoms with Crippen LogP contribution in [0.5, 0.6) is 5.75 Å². The van der Waals surface area contributed by atoms with Gasteiger partial charge in [0.2, 0.25) is 0 Å². The van der Waals surface area contributed by atoms with Crippen LogP contribution in [0.4, 0.5) is 0 Å². The van der Waals surface area contributed by atoms with E-state index in [0.29, 0.717) is 11.5 Å². The fourth-order valence-electron chi connectivity index (χ4n) is 1.27. The van der Waals surface area contributed by atoms with Crippen LogP contribution in [-0.4, -0.2) is 7.11 Å². The third-order valence-electron chi connectivity index (χ3n) is 2.00. The summed E-state index contributed by atoms with van der Waals surface area (Å²) in [6.45, 7) is 3.71. The number of methoxy groups -OCH3 is 1. The molecule has 1 aromatic heterocycles. The Morgan fingerprint density at radius 1 is 1.57 bits per heavy atom. The third-order valence-corrected chi connectivity index (χ3v) is 2.00. The van der Waals surface area contributed by atoms with Crippen LogP contribution in [0.15, 0.2) is 27.4 Å². The summed E-state index contributed by atoms with van der Waals surface area (Å²) >= 11 is 0. The van der Waals surface area contributed by atoms with Crippen molar-refractivity contribution in [2.45, 2.75) is 20.3 Å². The van der Waals surface area contributed by atoms with Crippen LogP contribution >= 0.6 is 0 Å². The molecule has 0 aliphatic carbocycles. The van der Waals surface area contributed by atoms with Gasteiger partial charge in [0.1, 0.15) is 11.5 Å². The van der Waals surface area contributed by atoms with Crippen LogP contribution in [0.2, 0.25) is 0 Å². The predicted molar refractivity (Wildman–Crippen MR) is 54.8 cm³/mol. The Labute approximate surface area is 83.0 Å². The van der Waals surface area contributed by atoms with Crippen molar-refractivity contribution < 1.29 is 9.15 Å². The summed E-state index contributed by atoms with van der Waals surface area (Å²) in [6.07, 6.45) is 4.66. The predicted octanol–water partition coefficient (Wildman–Crippen LogP) is 2.08. The molecule has 76 valence electrons. The van der Waals surface area contributed by atoms with Gasteiger partial charge in [0.25, 0.3) is 0 Å². The molecule has 0 unspecified atom stereocenters. The van der Waals surface area contributed by atoms with Crippen molar-refractivity contribution in [3.05, 3.63) is 40.0 Å². The summed E-state index contributed by atoms with van der Waals surface area (Å²) in [4.78, 5) is 11.0. The van der Waals surface area contributed by atoms with E-state index in [9.17, 15) is 4.79 Å². The van der Waals surface area contributed by atoms with E-state index >= 15 is 0 Å². The molecule has 0 amide bonds. The van der Waals surface area contributed by atoms with Crippen molar-refractivity contribution in [1.29, 1.82) is 0 Å². The minimum absolute atomic E-state index is 0.372. The fourth-order valence-corrected chi connectivity index (χ4v) is 1.27. The number of aryl methyl sites for hydroxylation is 1. The van der Waals surface area contributed by atoms with Gasteiger partial charge in [-0.15, -0.1) is 0 Å². The van der Waals surface area contributed by atoms with Gasteiger partial charge in [-0.25, -0.2) is 4.79 Å². The first-order chi connectivity index (χ1) is 6.69. The number of hydrogen-bond acceptors (Lipinski definition) is 3. The first-order valence-electron chi connectivity index (χ1n) is 4.47. The molecule has 1 aromatic rings. The van der Waals surface area contributed by atoms with Crippen LogP contribution in [0.25, 0.3) is 0 Å². The third kappa shape index (κ3) is 2.25. The number of allylic oxidation sites excluding steroid dienone is 2. The van der Waals surface area contributed by atoms with Crippen molar-refractivity contribution in [1.82, 2.24) is 0 Å². The molecular formula is C11H14O3. The Hall–Kier alpha value is -1.51. The molecule has 0 saturated heterocycles. The molecule has 14 heavy (non-hydrogen) atoms. The van der Waals surface area contributed by atoms with Crippen molar-refractivity contribution in [3.8, 4) is 5.75 Å². The average Bonchev–Trinajstić information content (AvgIpc) is 2.15. The zero-order chi connectivity index (χ0) is 10.6. The molecule has 0 fully saturated rings. The highest BCUT2D eigenvalue weighted by Gasteiger charge is 2.08. The first kappa shape index (κ1) is 10.6. The molecule has 0 bridgehead atoms. The lowest BCUT2D eigenvalue weighted by atomic mass is 10.1. The van der Waals surface area contributed by atoms with E-state index in [1.165, 1.54) is 6.07 Å². The fraction of sp³-hybridized carbons (Fsp3) is 0.364. The van der Waals surface area contributed by atoms with E-state index in [4.69, 9.17) is 9.15 Å². The van der Waals surface area contributed by atoms with Crippen molar-refractivity contribution >= 4 is 0 Å². The molecule has 0 aromatic carbocycles. The van der Waals surface area contributed by atoms with Gasteiger partial charge in [-0.3, -0.25) is 0 Å². The van der Waals surface area contributed by atoms with E-state index in [2.05, 4.69) is 0 Å². The lowest BCUT2D eigenvalue weighted by Gasteiger charge is -2.07. The highest BCUT2D eigenvalue weighted by atomic mass is 16.5. The van der Waals surface area contributed by atoms with E-state index < -0.39 is 0 Å². The van der Waals surface area contributed by atoms with Crippen LogP contribution in [0, 0.1) is 6.92 Å². The molecule has 0 atom stereocenters. The van der Waals surface area contributed by atoms with Crippen LogP contribution in [0.1, 0.15) is 18.2 Å². The maximum atomic E-state index is 11.0. The van der Waals surface area contributed by atoms with Crippen molar-refractivity contribution in [3.63, 3.8) is 0 Å². The summed E-state index contributed by atoms with van der Waals surface area (Å²) in [6, 6.07) is 1.37. The molecule has 0 radical (unpaired) electrons. The summed E-state index contributed by atoms with van der Waals surface area (Å²) in [7, 11) is 1.55. The summed E-state index contributed by atoms with van der Waals surface area (Å²) in [5, 5.41) is 0. The maximum Gasteiger partial charge on any atom is 0.339 e. The zero-order valence-corrected chi connectivity index (χ0v) is 8.66. The van der Waals surface area contributed by atoms with Crippen molar-refractivity contribution in [2.75, 3.05) is 7.11 Å². The second-order valence-corrected chi connectivity index (χ2v) is 2.94. The Bertz CT molecular complexity index is 388. The molecule has 0 saturated carbocycles. The lowest BCUT2D eigenvalue weighted by molar-refractivity contribution is 0.390. The van der Waals surface area contributed by atoms with E-state index in [-0.39, 0.29) is 5.63 Å². The second-order valence-electron chi connectivity index (χ2n) is 2.94. The molecule has 3 heteroatoms.